The Hall–Kier alpha value is -3.34. The molecule has 0 saturated carbocycles. The Balaban J connectivity index is 1.70. The highest BCUT2D eigenvalue weighted by molar-refractivity contribution is 5.87. The van der Waals surface area contributed by atoms with E-state index in [2.05, 4.69) is 4.98 Å². The van der Waals surface area contributed by atoms with Gasteiger partial charge < -0.3 is 9.72 Å². The lowest BCUT2D eigenvalue weighted by Gasteiger charge is -2.20. The molecule has 2 aromatic carbocycles. The van der Waals surface area contributed by atoms with Crippen LogP contribution < -0.4 is 0 Å². The summed E-state index contributed by atoms with van der Waals surface area (Å²) >= 11 is 0. The molecule has 0 saturated heterocycles. The number of aromatic nitrogens is 1. The van der Waals surface area contributed by atoms with E-state index in [-0.39, 0.29) is 12.4 Å². The number of nitrogens with one attached hydrogen (secondary N) is 1. The Labute approximate surface area is 158 Å². The van der Waals surface area contributed by atoms with Gasteiger partial charge in [0, 0.05) is 17.8 Å². The zero-order chi connectivity index (χ0) is 19.1. The monoisotopic (exact) mass is 362 g/mol. The number of carbonyl (C=O) groups is 2. The summed E-state index contributed by atoms with van der Waals surface area (Å²) in [5, 5.41) is 1.09. The van der Waals surface area contributed by atoms with E-state index in [1.807, 2.05) is 60.7 Å². The fraction of sp³-hybridized carbons (Fsp3) is 0.182. The summed E-state index contributed by atoms with van der Waals surface area (Å²) in [5.41, 5.74) is 2.85. The largest absolute Gasteiger partial charge is 0.445 e. The van der Waals surface area contributed by atoms with Crippen molar-refractivity contribution in [2.24, 2.45) is 0 Å². The van der Waals surface area contributed by atoms with Gasteiger partial charge in [0.2, 0.25) is 0 Å². The van der Waals surface area contributed by atoms with Crippen molar-refractivity contribution in [1.29, 1.82) is 0 Å². The fourth-order valence-corrected chi connectivity index (χ4v) is 2.78. The fourth-order valence-electron chi connectivity index (χ4n) is 2.78. The van der Waals surface area contributed by atoms with Crippen LogP contribution in [0.3, 0.4) is 0 Å². The van der Waals surface area contributed by atoms with Gasteiger partial charge in [0.05, 0.1) is 6.54 Å². The Bertz CT molecular complexity index is 911. The Kier molecular flexibility index (Phi) is 6.05. The molecule has 0 aliphatic rings. The molecule has 1 amide bonds. The van der Waals surface area contributed by atoms with Crippen molar-refractivity contribution < 1.29 is 14.3 Å². The molecule has 0 unspecified atom stereocenters. The topological polar surface area (TPSA) is 62.4 Å². The van der Waals surface area contributed by atoms with Crippen LogP contribution in [0.5, 0.6) is 0 Å². The van der Waals surface area contributed by atoms with Crippen LogP contribution in [0.1, 0.15) is 18.2 Å². The second-order valence-corrected chi connectivity index (χ2v) is 6.32. The molecule has 5 heteroatoms. The summed E-state index contributed by atoms with van der Waals surface area (Å²) in [5.74, 6) is -0.0572. The first-order chi connectivity index (χ1) is 13.1. The maximum Gasteiger partial charge on any atom is 0.410 e. The Morgan fingerprint density at radius 3 is 2.56 bits per heavy atom. The number of ketones is 1. The van der Waals surface area contributed by atoms with Gasteiger partial charge in [-0.3, -0.25) is 9.69 Å². The van der Waals surface area contributed by atoms with E-state index < -0.39 is 6.09 Å². The number of hydrogen-bond acceptors (Lipinski definition) is 3. The van der Waals surface area contributed by atoms with Gasteiger partial charge >= 0.3 is 6.09 Å². The van der Waals surface area contributed by atoms with Crippen LogP contribution >= 0.6 is 0 Å². The number of H-pyrrole nitrogens is 1. The van der Waals surface area contributed by atoms with Crippen LogP contribution in [0.4, 0.5) is 4.79 Å². The number of ether oxygens (including phenoxy) is 1. The molecule has 0 fully saturated rings. The van der Waals surface area contributed by atoms with Crippen LogP contribution in [-0.2, 0) is 22.7 Å². The molecule has 1 N–H and O–H groups in total. The first kappa shape index (κ1) is 18.5. The van der Waals surface area contributed by atoms with Crippen LogP contribution in [0.15, 0.2) is 72.8 Å². The number of nitrogens with zero attached hydrogens (tertiary/aromatic N) is 1. The van der Waals surface area contributed by atoms with E-state index in [9.17, 15) is 9.59 Å². The summed E-state index contributed by atoms with van der Waals surface area (Å²) in [6.45, 7) is 2.35. The highest BCUT2D eigenvalue weighted by Gasteiger charge is 2.16. The quantitative estimate of drug-likeness (QED) is 0.632. The third-order valence-corrected chi connectivity index (χ3v) is 4.09. The van der Waals surface area contributed by atoms with Gasteiger partial charge in [-0.05, 0) is 36.1 Å². The minimum atomic E-state index is -0.425. The molecule has 1 aromatic heterocycles. The second-order valence-electron chi connectivity index (χ2n) is 6.32. The van der Waals surface area contributed by atoms with Crippen molar-refractivity contribution in [3.05, 3.63) is 84.1 Å². The lowest BCUT2D eigenvalue weighted by atomic mass is 10.2. The number of rotatable bonds is 7. The molecule has 5 nitrogen and oxygen atoms in total. The molecule has 0 radical (unpaired) electrons. The van der Waals surface area contributed by atoms with Gasteiger partial charge in [0.15, 0.2) is 5.78 Å². The number of aromatic amines is 1. The van der Waals surface area contributed by atoms with Crippen molar-refractivity contribution >= 4 is 22.8 Å². The molecule has 0 atom stereocenters. The lowest BCUT2D eigenvalue weighted by molar-refractivity contribution is -0.112. The third-order valence-electron chi connectivity index (χ3n) is 4.09. The van der Waals surface area contributed by atoms with Gasteiger partial charge in [0.25, 0.3) is 0 Å². The van der Waals surface area contributed by atoms with E-state index in [4.69, 9.17) is 4.74 Å². The van der Waals surface area contributed by atoms with E-state index in [1.54, 1.807) is 11.0 Å². The first-order valence-electron chi connectivity index (χ1n) is 8.81. The summed E-state index contributed by atoms with van der Waals surface area (Å²) in [6, 6.07) is 19.5. The summed E-state index contributed by atoms with van der Waals surface area (Å²) < 4.78 is 5.45. The minimum absolute atomic E-state index is 0.0572. The number of benzene rings is 2. The zero-order valence-corrected chi connectivity index (χ0v) is 15.2. The smallest absolute Gasteiger partial charge is 0.410 e. The minimum Gasteiger partial charge on any atom is -0.445 e. The maximum absolute atomic E-state index is 12.6. The molecule has 3 aromatic rings. The molecule has 138 valence electrons. The molecule has 0 aliphatic heterocycles. The highest BCUT2D eigenvalue weighted by atomic mass is 16.6. The van der Waals surface area contributed by atoms with E-state index >= 15 is 0 Å². The molecule has 3 rings (SSSR count). The normalized spacial score (nSPS) is 11.0. The van der Waals surface area contributed by atoms with Crippen LogP contribution in [-0.4, -0.2) is 28.3 Å². The average molecular weight is 362 g/mol. The molecule has 27 heavy (non-hydrogen) atoms. The Morgan fingerprint density at radius 1 is 1.07 bits per heavy atom. The maximum atomic E-state index is 12.6. The number of allylic oxidation sites excluding steroid dienone is 1. The van der Waals surface area contributed by atoms with E-state index in [1.165, 1.54) is 13.0 Å². The van der Waals surface area contributed by atoms with Crippen molar-refractivity contribution in [3.8, 4) is 0 Å². The molecule has 1 heterocycles. The van der Waals surface area contributed by atoms with E-state index in [0.29, 0.717) is 13.1 Å². The first-order valence-corrected chi connectivity index (χ1v) is 8.81. The van der Waals surface area contributed by atoms with Crippen molar-refractivity contribution in [2.45, 2.75) is 20.1 Å². The number of fused-ring (bicyclic) bond motifs is 1. The number of hydrogen-bond donors (Lipinski definition) is 1. The summed E-state index contributed by atoms with van der Waals surface area (Å²) in [7, 11) is 0. The van der Waals surface area contributed by atoms with Crippen molar-refractivity contribution in [3.63, 3.8) is 0 Å². The predicted molar refractivity (Wildman–Crippen MR) is 105 cm³/mol. The number of para-hydroxylation sites is 1. The standard InChI is InChI=1S/C22H22N2O3/c1-17(25)8-7-13-24(22(26)27-16-18-9-3-2-4-10-18)15-20-14-19-11-5-6-12-21(19)23-20/h2-12,14,23H,13,15-16H2,1H3/b8-7+. The molecule has 0 spiro atoms. The van der Waals surface area contributed by atoms with Gasteiger partial charge in [-0.2, -0.15) is 0 Å². The van der Waals surface area contributed by atoms with Crippen molar-refractivity contribution in [2.75, 3.05) is 6.54 Å². The van der Waals surface area contributed by atoms with Gasteiger partial charge in [0.1, 0.15) is 6.61 Å². The van der Waals surface area contributed by atoms with Gasteiger partial charge in [-0.15, -0.1) is 0 Å². The van der Waals surface area contributed by atoms with Crippen LogP contribution in [0, 0.1) is 0 Å². The zero-order valence-electron chi connectivity index (χ0n) is 15.2. The number of amides is 1. The Morgan fingerprint density at radius 2 is 1.81 bits per heavy atom. The van der Waals surface area contributed by atoms with E-state index in [0.717, 1.165) is 22.2 Å². The third kappa shape index (κ3) is 5.31. The van der Waals surface area contributed by atoms with Gasteiger partial charge in [-0.25, -0.2) is 4.79 Å². The molecular formula is C22H22N2O3. The highest BCUT2D eigenvalue weighted by Crippen LogP contribution is 2.16. The number of carbonyl (C=O) groups excluding carboxylic acids is 2. The summed E-state index contributed by atoms with van der Waals surface area (Å²) in [4.78, 5) is 28.6. The molecule has 0 aliphatic carbocycles. The summed E-state index contributed by atoms with van der Waals surface area (Å²) in [6.07, 6.45) is 2.71. The van der Waals surface area contributed by atoms with Crippen LogP contribution in [0.2, 0.25) is 0 Å². The van der Waals surface area contributed by atoms with Gasteiger partial charge in [-0.1, -0.05) is 54.6 Å². The molecule has 0 bridgehead atoms. The molecular weight excluding hydrogens is 340 g/mol. The lowest BCUT2D eigenvalue weighted by Crippen LogP contribution is -2.31. The van der Waals surface area contributed by atoms with Crippen molar-refractivity contribution in [1.82, 2.24) is 9.88 Å². The predicted octanol–water partition coefficient (Wildman–Crippen LogP) is 4.45. The SMILES string of the molecule is CC(=O)/C=C/CN(Cc1cc2ccccc2[nH]1)C(=O)OCc1ccccc1. The average Bonchev–Trinajstić information content (AvgIpc) is 3.08. The second kappa shape index (κ2) is 8.85. The van der Waals surface area contributed by atoms with Crippen LogP contribution in [0.25, 0.3) is 10.9 Å².